The zero-order valence-corrected chi connectivity index (χ0v) is 10.8. The highest BCUT2D eigenvalue weighted by molar-refractivity contribution is 5.06. The molecule has 1 aromatic heterocycles. The second-order valence-electron chi connectivity index (χ2n) is 5.64. The summed E-state index contributed by atoms with van der Waals surface area (Å²) in [5.74, 6) is 3.05. The van der Waals surface area contributed by atoms with E-state index in [0.29, 0.717) is 12.1 Å². The molecule has 2 heterocycles. The Bertz CT molecular complexity index is 383. The van der Waals surface area contributed by atoms with Crippen LogP contribution in [0.4, 0.5) is 0 Å². The van der Waals surface area contributed by atoms with E-state index in [1.807, 2.05) is 6.92 Å². The average molecular weight is 234 g/mol. The van der Waals surface area contributed by atoms with E-state index in [1.165, 1.54) is 19.4 Å². The summed E-state index contributed by atoms with van der Waals surface area (Å²) in [5, 5.41) is 3.68. The maximum absolute atomic E-state index is 5.68. The summed E-state index contributed by atoms with van der Waals surface area (Å²) >= 11 is 0. The maximum Gasteiger partial charge on any atom is 0.118 e. The number of nitrogens with one attached hydrogen (secondary N) is 1. The number of rotatable bonds is 3. The molecule has 0 bridgehead atoms. The van der Waals surface area contributed by atoms with Crippen molar-refractivity contribution >= 4 is 0 Å². The molecule has 0 radical (unpaired) electrons. The number of hydrogen-bond donors (Lipinski definition) is 1. The highest BCUT2D eigenvalue weighted by Gasteiger charge is 2.36. The zero-order chi connectivity index (χ0) is 11.8. The molecule has 0 spiro atoms. The third kappa shape index (κ3) is 2.55. The Kier molecular flexibility index (Phi) is 2.97. The fourth-order valence-electron chi connectivity index (χ4n) is 2.75. The molecule has 2 unspecified atom stereocenters. The van der Waals surface area contributed by atoms with Crippen LogP contribution in [0, 0.1) is 12.8 Å². The van der Waals surface area contributed by atoms with Crippen LogP contribution in [0.1, 0.15) is 31.3 Å². The van der Waals surface area contributed by atoms with Gasteiger partial charge in [-0.2, -0.15) is 0 Å². The van der Waals surface area contributed by atoms with Gasteiger partial charge in [-0.05, 0) is 44.7 Å². The minimum atomic E-state index is 0.607. The van der Waals surface area contributed by atoms with E-state index >= 15 is 0 Å². The minimum absolute atomic E-state index is 0.607. The zero-order valence-electron chi connectivity index (χ0n) is 10.8. The number of nitrogens with zero attached hydrogens (tertiary/aromatic N) is 1. The van der Waals surface area contributed by atoms with E-state index in [0.717, 1.165) is 30.5 Å². The Morgan fingerprint density at radius 3 is 2.88 bits per heavy atom. The second kappa shape index (κ2) is 4.46. The molecule has 1 aliphatic carbocycles. The minimum Gasteiger partial charge on any atom is -0.465 e. The van der Waals surface area contributed by atoms with Crippen LogP contribution in [0.2, 0.25) is 0 Å². The van der Waals surface area contributed by atoms with Gasteiger partial charge in [-0.15, -0.1) is 0 Å². The van der Waals surface area contributed by atoms with Gasteiger partial charge in [-0.1, -0.05) is 0 Å². The summed E-state index contributed by atoms with van der Waals surface area (Å²) < 4.78 is 5.68. The second-order valence-corrected chi connectivity index (χ2v) is 5.64. The Hall–Kier alpha value is -0.800. The lowest BCUT2D eigenvalue weighted by Gasteiger charge is -2.38. The van der Waals surface area contributed by atoms with Gasteiger partial charge in [0.2, 0.25) is 0 Å². The van der Waals surface area contributed by atoms with Crippen LogP contribution in [0.15, 0.2) is 16.5 Å². The molecule has 1 saturated carbocycles. The van der Waals surface area contributed by atoms with Crippen LogP contribution in [0.25, 0.3) is 0 Å². The van der Waals surface area contributed by atoms with E-state index in [4.69, 9.17) is 4.42 Å². The average Bonchev–Trinajstić information content (AvgIpc) is 3.07. The lowest BCUT2D eigenvalue weighted by atomic mass is 10.1. The Morgan fingerprint density at radius 1 is 1.41 bits per heavy atom. The molecule has 1 saturated heterocycles. The molecule has 0 amide bonds. The fraction of sp³-hybridized carbons (Fsp3) is 0.714. The van der Waals surface area contributed by atoms with E-state index < -0.39 is 0 Å². The summed E-state index contributed by atoms with van der Waals surface area (Å²) in [7, 11) is 0. The van der Waals surface area contributed by atoms with Crippen molar-refractivity contribution in [3.8, 4) is 0 Å². The molecular formula is C14H22N2O. The predicted molar refractivity (Wildman–Crippen MR) is 67.8 cm³/mol. The summed E-state index contributed by atoms with van der Waals surface area (Å²) in [6.45, 7) is 7.55. The van der Waals surface area contributed by atoms with Gasteiger partial charge in [0, 0.05) is 25.2 Å². The monoisotopic (exact) mass is 234 g/mol. The van der Waals surface area contributed by atoms with E-state index in [1.54, 1.807) is 0 Å². The summed E-state index contributed by atoms with van der Waals surface area (Å²) in [5.41, 5.74) is 0. The van der Waals surface area contributed by atoms with Gasteiger partial charge >= 0.3 is 0 Å². The third-order valence-corrected chi connectivity index (χ3v) is 4.08. The van der Waals surface area contributed by atoms with Crippen LogP contribution in [-0.4, -0.2) is 30.1 Å². The first-order valence-corrected chi connectivity index (χ1v) is 6.75. The van der Waals surface area contributed by atoms with E-state index in [9.17, 15) is 0 Å². The number of piperazine rings is 1. The van der Waals surface area contributed by atoms with E-state index in [-0.39, 0.29) is 0 Å². The van der Waals surface area contributed by atoms with Gasteiger partial charge in [0.25, 0.3) is 0 Å². The van der Waals surface area contributed by atoms with Crippen molar-refractivity contribution in [1.29, 1.82) is 0 Å². The van der Waals surface area contributed by atoms with Crippen LogP contribution in [-0.2, 0) is 6.54 Å². The van der Waals surface area contributed by atoms with Gasteiger partial charge in [0.15, 0.2) is 0 Å². The van der Waals surface area contributed by atoms with Crippen molar-refractivity contribution in [2.24, 2.45) is 5.92 Å². The number of aryl methyl sites for hydroxylation is 1. The topological polar surface area (TPSA) is 28.4 Å². The third-order valence-electron chi connectivity index (χ3n) is 4.08. The fourth-order valence-corrected chi connectivity index (χ4v) is 2.75. The quantitative estimate of drug-likeness (QED) is 0.868. The van der Waals surface area contributed by atoms with Crippen LogP contribution in [0.5, 0.6) is 0 Å². The molecule has 2 fully saturated rings. The van der Waals surface area contributed by atoms with Crippen LogP contribution >= 0.6 is 0 Å². The summed E-state index contributed by atoms with van der Waals surface area (Å²) in [4.78, 5) is 2.55. The van der Waals surface area contributed by atoms with Crippen molar-refractivity contribution < 1.29 is 4.42 Å². The van der Waals surface area contributed by atoms with Crippen molar-refractivity contribution in [1.82, 2.24) is 10.2 Å². The molecule has 17 heavy (non-hydrogen) atoms. The van der Waals surface area contributed by atoms with Crippen molar-refractivity contribution in [3.63, 3.8) is 0 Å². The Balaban J connectivity index is 1.63. The first-order valence-electron chi connectivity index (χ1n) is 6.75. The molecule has 94 valence electrons. The van der Waals surface area contributed by atoms with Crippen molar-refractivity contribution in [2.75, 3.05) is 13.1 Å². The summed E-state index contributed by atoms with van der Waals surface area (Å²) in [6, 6.07) is 5.48. The molecule has 1 aliphatic heterocycles. The maximum atomic E-state index is 5.68. The predicted octanol–water partition coefficient (Wildman–Crippen LogP) is 2.16. The van der Waals surface area contributed by atoms with Crippen molar-refractivity contribution in [3.05, 3.63) is 23.7 Å². The van der Waals surface area contributed by atoms with Gasteiger partial charge < -0.3 is 9.73 Å². The van der Waals surface area contributed by atoms with Gasteiger partial charge in [-0.3, -0.25) is 4.90 Å². The molecule has 0 aromatic carbocycles. The number of hydrogen-bond acceptors (Lipinski definition) is 3. The summed E-state index contributed by atoms with van der Waals surface area (Å²) in [6.07, 6.45) is 2.83. The number of furan rings is 1. The highest BCUT2D eigenvalue weighted by Crippen LogP contribution is 2.34. The first kappa shape index (κ1) is 11.3. The largest absolute Gasteiger partial charge is 0.465 e. The van der Waals surface area contributed by atoms with Crippen molar-refractivity contribution in [2.45, 2.75) is 45.3 Å². The Morgan fingerprint density at radius 2 is 2.24 bits per heavy atom. The molecule has 3 heteroatoms. The smallest absolute Gasteiger partial charge is 0.118 e. The van der Waals surface area contributed by atoms with Gasteiger partial charge in [0.1, 0.15) is 11.5 Å². The molecule has 3 nitrogen and oxygen atoms in total. The normalized spacial score (nSPS) is 30.7. The van der Waals surface area contributed by atoms with Gasteiger partial charge in [0.05, 0.1) is 6.54 Å². The lowest BCUT2D eigenvalue weighted by Crippen LogP contribution is -2.55. The molecular weight excluding hydrogens is 212 g/mol. The molecule has 1 aromatic rings. The molecule has 1 N–H and O–H groups in total. The van der Waals surface area contributed by atoms with Crippen LogP contribution < -0.4 is 5.32 Å². The lowest BCUT2D eigenvalue weighted by molar-refractivity contribution is 0.116. The SMILES string of the molecule is Cc1ccc(CN2CC(C3CC3)NCC2C)o1. The molecule has 2 aliphatic rings. The highest BCUT2D eigenvalue weighted by atomic mass is 16.3. The van der Waals surface area contributed by atoms with Crippen LogP contribution in [0.3, 0.4) is 0 Å². The first-order chi connectivity index (χ1) is 8.22. The van der Waals surface area contributed by atoms with E-state index in [2.05, 4.69) is 29.3 Å². The molecule has 2 atom stereocenters. The Labute approximate surface area is 103 Å². The molecule has 3 rings (SSSR count). The van der Waals surface area contributed by atoms with Gasteiger partial charge in [-0.25, -0.2) is 0 Å². The standard InChI is InChI=1S/C14H22N2O/c1-10-7-15-14(12-4-5-12)9-16(10)8-13-6-3-11(2)17-13/h3,6,10,12,14-15H,4-5,7-9H2,1-2H3.